The lowest BCUT2D eigenvalue weighted by atomic mass is 10.1. The molecule has 0 unspecified atom stereocenters. The van der Waals surface area contributed by atoms with Gasteiger partial charge in [0, 0.05) is 28.4 Å². The van der Waals surface area contributed by atoms with Gasteiger partial charge in [0.2, 0.25) is 0 Å². The molecular weight excluding hydrogens is 429 g/mol. The Kier molecular flexibility index (Phi) is 5.64. The quantitative estimate of drug-likeness (QED) is 0.493. The van der Waals surface area contributed by atoms with Crippen LogP contribution in [-0.4, -0.2) is 23.0 Å². The minimum absolute atomic E-state index is 0.100. The molecule has 4 rings (SSSR count). The second kappa shape index (κ2) is 8.38. The molecule has 160 valence electrons. The second-order valence-corrected chi connectivity index (χ2v) is 7.88. The fourth-order valence-corrected chi connectivity index (χ4v) is 3.55. The predicted molar refractivity (Wildman–Crippen MR) is 112 cm³/mol. The van der Waals surface area contributed by atoms with E-state index in [1.54, 1.807) is 24.3 Å². The molecule has 0 radical (unpaired) electrons. The molecule has 31 heavy (non-hydrogen) atoms. The molecule has 2 aromatic carbocycles. The summed E-state index contributed by atoms with van der Waals surface area (Å²) in [5.74, 6) is -0.485. The number of thiazole rings is 1. The SMILES string of the molecule is O=C(Nc1ccc(NC(=O)c2csc(-c3cccc(C(F)(F)F)c3)n2)cc1)NC1CC1. The Morgan fingerprint density at radius 3 is 2.32 bits per heavy atom. The summed E-state index contributed by atoms with van der Waals surface area (Å²) in [6.07, 6.45) is -2.47. The molecule has 0 spiro atoms. The highest BCUT2D eigenvalue weighted by Crippen LogP contribution is 2.33. The van der Waals surface area contributed by atoms with E-state index in [2.05, 4.69) is 20.9 Å². The molecule has 0 saturated heterocycles. The number of rotatable bonds is 5. The number of halogens is 3. The van der Waals surface area contributed by atoms with Crippen LogP contribution < -0.4 is 16.0 Å². The number of anilines is 2. The molecule has 0 atom stereocenters. The van der Waals surface area contributed by atoms with E-state index in [0.717, 1.165) is 36.3 Å². The molecule has 0 bridgehead atoms. The predicted octanol–water partition coefficient (Wildman–Crippen LogP) is 5.37. The lowest BCUT2D eigenvalue weighted by Gasteiger charge is -2.08. The largest absolute Gasteiger partial charge is 0.416 e. The summed E-state index contributed by atoms with van der Waals surface area (Å²) in [5, 5.41) is 10.0. The summed E-state index contributed by atoms with van der Waals surface area (Å²) in [4.78, 5) is 28.4. The van der Waals surface area contributed by atoms with Gasteiger partial charge >= 0.3 is 12.2 Å². The van der Waals surface area contributed by atoms with Crippen LogP contribution in [0, 0.1) is 0 Å². The molecule has 3 aromatic rings. The zero-order valence-corrected chi connectivity index (χ0v) is 16.8. The first kappa shape index (κ1) is 20.9. The smallest absolute Gasteiger partial charge is 0.335 e. The van der Waals surface area contributed by atoms with Crippen molar-refractivity contribution in [2.75, 3.05) is 10.6 Å². The Balaban J connectivity index is 1.39. The molecule has 1 heterocycles. The topological polar surface area (TPSA) is 83.1 Å². The maximum absolute atomic E-state index is 12.9. The standard InChI is InChI=1S/C21H17F3N4O2S/c22-21(23,24)13-3-1-2-12(10-13)19-28-17(11-31-19)18(29)25-14-4-6-15(7-5-14)26-20(30)27-16-8-9-16/h1-7,10-11,16H,8-9H2,(H,25,29)(H2,26,27,30). The summed E-state index contributed by atoms with van der Waals surface area (Å²) in [5.41, 5.74) is 0.691. The number of alkyl halides is 3. The minimum atomic E-state index is -4.45. The Morgan fingerprint density at radius 2 is 1.68 bits per heavy atom. The lowest BCUT2D eigenvalue weighted by Crippen LogP contribution is -2.30. The van der Waals surface area contributed by atoms with Crippen molar-refractivity contribution in [2.24, 2.45) is 0 Å². The monoisotopic (exact) mass is 446 g/mol. The number of aromatic nitrogens is 1. The van der Waals surface area contributed by atoms with Crippen LogP contribution >= 0.6 is 11.3 Å². The number of carbonyl (C=O) groups excluding carboxylic acids is 2. The third-order valence-electron chi connectivity index (χ3n) is 4.49. The Morgan fingerprint density at radius 1 is 1.00 bits per heavy atom. The minimum Gasteiger partial charge on any atom is -0.335 e. The molecule has 10 heteroatoms. The number of urea groups is 1. The highest BCUT2D eigenvalue weighted by Gasteiger charge is 2.30. The summed E-state index contributed by atoms with van der Waals surface area (Å²) in [6, 6.07) is 11.3. The molecule has 1 aliphatic rings. The van der Waals surface area contributed by atoms with Gasteiger partial charge in [-0.15, -0.1) is 11.3 Å². The van der Waals surface area contributed by atoms with Gasteiger partial charge in [0.05, 0.1) is 5.56 Å². The zero-order chi connectivity index (χ0) is 22.0. The van der Waals surface area contributed by atoms with Gasteiger partial charge in [-0.1, -0.05) is 12.1 Å². The van der Waals surface area contributed by atoms with E-state index in [1.807, 2.05) is 0 Å². The van der Waals surface area contributed by atoms with Gasteiger partial charge in [-0.25, -0.2) is 9.78 Å². The summed E-state index contributed by atoms with van der Waals surface area (Å²) < 4.78 is 38.7. The van der Waals surface area contributed by atoms with Crippen molar-refractivity contribution < 1.29 is 22.8 Å². The van der Waals surface area contributed by atoms with Crippen molar-refractivity contribution in [3.8, 4) is 10.6 Å². The van der Waals surface area contributed by atoms with Gasteiger partial charge < -0.3 is 16.0 Å². The van der Waals surface area contributed by atoms with Crippen molar-refractivity contribution in [3.63, 3.8) is 0 Å². The summed E-state index contributed by atoms with van der Waals surface area (Å²) in [6.45, 7) is 0. The van der Waals surface area contributed by atoms with Gasteiger partial charge in [-0.2, -0.15) is 13.2 Å². The molecule has 0 aliphatic heterocycles. The number of benzene rings is 2. The van der Waals surface area contributed by atoms with Crippen molar-refractivity contribution in [2.45, 2.75) is 25.1 Å². The van der Waals surface area contributed by atoms with Crippen LogP contribution in [0.4, 0.5) is 29.3 Å². The first-order valence-corrected chi connectivity index (χ1v) is 10.3. The van der Waals surface area contributed by atoms with Crippen LogP contribution in [0.2, 0.25) is 0 Å². The normalized spacial score (nSPS) is 13.5. The average Bonchev–Trinajstić information content (AvgIpc) is 3.39. The van der Waals surface area contributed by atoms with Crippen molar-refractivity contribution in [1.82, 2.24) is 10.3 Å². The molecule has 1 aromatic heterocycles. The van der Waals surface area contributed by atoms with Crippen LogP contribution in [0.3, 0.4) is 0 Å². The third-order valence-corrected chi connectivity index (χ3v) is 5.38. The number of carbonyl (C=O) groups is 2. The van der Waals surface area contributed by atoms with E-state index in [9.17, 15) is 22.8 Å². The number of nitrogens with one attached hydrogen (secondary N) is 3. The Hall–Kier alpha value is -3.40. The van der Waals surface area contributed by atoms with E-state index in [4.69, 9.17) is 0 Å². The molecule has 3 amide bonds. The van der Waals surface area contributed by atoms with Crippen molar-refractivity contribution in [1.29, 1.82) is 0 Å². The summed E-state index contributed by atoms with van der Waals surface area (Å²) >= 11 is 1.09. The van der Waals surface area contributed by atoms with Gasteiger partial charge in [-0.3, -0.25) is 4.79 Å². The maximum atomic E-state index is 12.9. The fraction of sp³-hybridized carbons (Fsp3) is 0.190. The number of nitrogens with zero attached hydrogens (tertiary/aromatic N) is 1. The van der Waals surface area contributed by atoms with Gasteiger partial charge in [0.15, 0.2) is 0 Å². The third kappa shape index (κ3) is 5.40. The highest BCUT2D eigenvalue weighted by atomic mass is 32.1. The molecule has 1 saturated carbocycles. The second-order valence-electron chi connectivity index (χ2n) is 7.02. The van der Waals surface area contributed by atoms with Gasteiger partial charge in [-0.05, 0) is 49.2 Å². The van der Waals surface area contributed by atoms with Gasteiger partial charge in [0.25, 0.3) is 5.91 Å². The maximum Gasteiger partial charge on any atom is 0.416 e. The van der Waals surface area contributed by atoms with Crippen LogP contribution in [0.5, 0.6) is 0 Å². The van der Waals surface area contributed by atoms with Crippen LogP contribution in [0.25, 0.3) is 10.6 Å². The van der Waals surface area contributed by atoms with Crippen LogP contribution in [-0.2, 0) is 6.18 Å². The summed E-state index contributed by atoms with van der Waals surface area (Å²) in [7, 11) is 0. The highest BCUT2D eigenvalue weighted by molar-refractivity contribution is 7.13. The van der Waals surface area contributed by atoms with Crippen molar-refractivity contribution in [3.05, 3.63) is 65.2 Å². The van der Waals surface area contributed by atoms with Crippen molar-refractivity contribution >= 4 is 34.6 Å². The zero-order valence-electron chi connectivity index (χ0n) is 16.0. The van der Waals surface area contributed by atoms with E-state index in [0.29, 0.717) is 21.9 Å². The van der Waals surface area contributed by atoms with Crippen LogP contribution in [0.1, 0.15) is 28.9 Å². The lowest BCUT2D eigenvalue weighted by molar-refractivity contribution is -0.137. The first-order valence-electron chi connectivity index (χ1n) is 9.40. The Labute approximate surface area is 179 Å². The Bertz CT molecular complexity index is 1110. The molecule has 6 nitrogen and oxygen atoms in total. The average molecular weight is 446 g/mol. The van der Waals surface area contributed by atoms with Gasteiger partial charge in [0.1, 0.15) is 10.7 Å². The molecule has 1 aliphatic carbocycles. The first-order chi connectivity index (χ1) is 14.8. The fourth-order valence-electron chi connectivity index (χ4n) is 2.75. The molecular formula is C21H17F3N4O2S. The van der Waals surface area contributed by atoms with E-state index in [1.165, 1.54) is 17.5 Å². The number of hydrogen-bond donors (Lipinski definition) is 3. The van der Waals surface area contributed by atoms with E-state index >= 15 is 0 Å². The van der Waals surface area contributed by atoms with Crippen LogP contribution in [0.15, 0.2) is 53.9 Å². The molecule has 3 N–H and O–H groups in total. The number of hydrogen-bond acceptors (Lipinski definition) is 4. The van der Waals surface area contributed by atoms with E-state index in [-0.39, 0.29) is 17.8 Å². The molecule has 1 fully saturated rings. The van der Waals surface area contributed by atoms with E-state index < -0.39 is 17.6 Å². The number of amides is 3.